The second-order valence-electron chi connectivity index (χ2n) is 4.07. The minimum atomic E-state index is -0.506. The molecule has 2 N–H and O–H groups in total. The maximum absolute atomic E-state index is 11.6. The molecule has 1 fully saturated rings. The monoisotopic (exact) mass is 283 g/mol. The minimum absolute atomic E-state index is 0.270. The van der Waals surface area contributed by atoms with Gasteiger partial charge in [-0.05, 0) is 13.3 Å². The van der Waals surface area contributed by atoms with Crippen molar-refractivity contribution in [2.75, 3.05) is 12.4 Å². The highest BCUT2D eigenvalue weighted by Crippen LogP contribution is 2.24. The zero-order valence-corrected chi connectivity index (χ0v) is 11.3. The van der Waals surface area contributed by atoms with Crippen LogP contribution < -0.4 is 10.6 Å². The number of carbonyl (C=O) groups excluding carboxylic acids is 3. The van der Waals surface area contributed by atoms with E-state index in [4.69, 9.17) is 0 Å². The van der Waals surface area contributed by atoms with Crippen LogP contribution in [0.2, 0.25) is 0 Å². The van der Waals surface area contributed by atoms with Crippen LogP contribution in [0.5, 0.6) is 0 Å². The summed E-state index contributed by atoms with van der Waals surface area (Å²) >= 11 is 1.13. The molecule has 8 heteroatoms. The normalized spacial score (nSPS) is 18.9. The first-order chi connectivity index (χ1) is 9.01. The van der Waals surface area contributed by atoms with E-state index in [1.807, 2.05) is 0 Å². The SMILES string of the molecule is COC(=O)c1sc(NC2CCC(=O)NC2=O)nc1C. The molecule has 1 atom stereocenters. The summed E-state index contributed by atoms with van der Waals surface area (Å²) in [7, 11) is 1.30. The van der Waals surface area contributed by atoms with Gasteiger partial charge in [-0.25, -0.2) is 9.78 Å². The zero-order valence-electron chi connectivity index (χ0n) is 10.5. The summed E-state index contributed by atoms with van der Waals surface area (Å²) in [5.74, 6) is -1.09. The molecule has 1 unspecified atom stereocenters. The fourth-order valence-corrected chi connectivity index (χ4v) is 2.66. The van der Waals surface area contributed by atoms with E-state index in [-0.39, 0.29) is 18.2 Å². The van der Waals surface area contributed by atoms with Gasteiger partial charge in [0.05, 0.1) is 12.8 Å². The predicted molar refractivity (Wildman–Crippen MR) is 68.0 cm³/mol. The number of ether oxygens (including phenoxy) is 1. The number of anilines is 1. The Morgan fingerprint density at radius 1 is 1.53 bits per heavy atom. The fourth-order valence-electron chi connectivity index (χ4n) is 1.72. The summed E-state index contributed by atoms with van der Waals surface area (Å²) in [6.07, 6.45) is 0.703. The Labute approximate surface area is 113 Å². The molecule has 2 heterocycles. The number of rotatable bonds is 3. The third kappa shape index (κ3) is 2.90. The van der Waals surface area contributed by atoms with Crippen LogP contribution in [0.25, 0.3) is 0 Å². The van der Waals surface area contributed by atoms with Crippen molar-refractivity contribution >= 4 is 34.3 Å². The van der Waals surface area contributed by atoms with Gasteiger partial charge >= 0.3 is 5.97 Å². The molecule has 0 radical (unpaired) electrons. The number of esters is 1. The molecule has 0 bridgehead atoms. The van der Waals surface area contributed by atoms with E-state index in [0.717, 1.165) is 11.3 Å². The van der Waals surface area contributed by atoms with Gasteiger partial charge < -0.3 is 10.1 Å². The number of nitrogens with one attached hydrogen (secondary N) is 2. The summed E-state index contributed by atoms with van der Waals surface area (Å²) in [5.41, 5.74) is 0.548. The lowest BCUT2D eigenvalue weighted by Gasteiger charge is -2.21. The highest BCUT2D eigenvalue weighted by Gasteiger charge is 2.27. The van der Waals surface area contributed by atoms with Crippen LogP contribution in [0.4, 0.5) is 5.13 Å². The number of hydrogen-bond acceptors (Lipinski definition) is 7. The summed E-state index contributed by atoms with van der Waals surface area (Å²) in [6.45, 7) is 1.69. The molecule has 1 aliphatic rings. The second kappa shape index (κ2) is 5.35. The van der Waals surface area contributed by atoms with Gasteiger partial charge in [0.2, 0.25) is 11.8 Å². The second-order valence-corrected chi connectivity index (χ2v) is 5.07. The van der Waals surface area contributed by atoms with Gasteiger partial charge in [-0.2, -0.15) is 0 Å². The van der Waals surface area contributed by atoms with Crippen LogP contribution in [0.3, 0.4) is 0 Å². The Balaban J connectivity index is 2.09. The van der Waals surface area contributed by atoms with Gasteiger partial charge in [-0.3, -0.25) is 14.9 Å². The molecule has 2 rings (SSSR count). The number of methoxy groups -OCH3 is 1. The highest BCUT2D eigenvalue weighted by molar-refractivity contribution is 7.17. The molecular formula is C11H13N3O4S. The number of amides is 2. The quantitative estimate of drug-likeness (QED) is 0.617. The summed E-state index contributed by atoms with van der Waals surface area (Å²) in [6, 6.07) is -0.506. The molecule has 1 aromatic rings. The number of piperidine rings is 1. The molecule has 7 nitrogen and oxygen atoms in total. The Hall–Kier alpha value is -1.96. The average molecular weight is 283 g/mol. The Morgan fingerprint density at radius 3 is 2.89 bits per heavy atom. The maximum Gasteiger partial charge on any atom is 0.350 e. The van der Waals surface area contributed by atoms with Crippen molar-refractivity contribution in [1.82, 2.24) is 10.3 Å². The summed E-state index contributed by atoms with van der Waals surface area (Å²) in [4.78, 5) is 38.6. The molecule has 1 aliphatic heterocycles. The maximum atomic E-state index is 11.6. The lowest BCUT2D eigenvalue weighted by atomic mass is 10.1. The number of nitrogens with zero attached hydrogens (tertiary/aromatic N) is 1. The van der Waals surface area contributed by atoms with E-state index >= 15 is 0 Å². The van der Waals surface area contributed by atoms with Crippen LogP contribution in [0.1, 0.15) is 28.2 Å². The molecule has 2 amide bonds. The third-order valence-corrected chi connectivity index (χ3v) is 3.77. The van der Waals surface area contributed by atoms with Crippen molar-refractivity contribution in [3.8, 4) is 0 Å². The average Bonchev–Trinajstić information content (AvgIpc) is 2.73. The standard InChI is InChI=1S/C11H13N3O4S/c1-5-8(10(17)18-2)19-11(12-5)13-6-3-4-7(15)14-9(6)16/h6H,3-4H2,1-2H3,(H,12,13)(H,14,15,16). The lowest BCUT2D eigenvalue weighted by Crippen LogP contribution is -2.47. The Bertz CT molecular complexity index is 540. The van der Waals surface area contributed by atoms with Crippen LogP contribution in [-0.2, 0) is 14.3 Å². The highest BCUT2D eigenvalue weighted by atomic mass is 32.1. The summed E-state index contributed by atoms with van der Waals surface area (Å²) in [5, 5.41) is 5.64. The number of carbonyl (C=O) groups is 3. The van der Waals surface area contributed by atoms with E-state index in [9.17, 15) is 14.4 Å². The van der Waals surface area contributed by atoms with Crippen LogP contribution in [0, 0.1) is 6.92 Å². The molecule has 1 saturated heterocycles. The molecular weight excluding hydrogens is 270 g/mol. The molecule has 0 saturated carbocycles. The smallest absolute Gasteiger partial charge is 0.350 e. The van der Waals surface area contributed by atoms with Crippen LogP contribution in [-0.4, -0.2) is 35.9 Å². The Morgan fingerprint density at radius 2 is 2.26 bits per heavy atom. The van der Waals surface area contributed by atoms with Crippen LogP contribution >= 0.6 is 11.3 Å². The molecule has 19 heavy (non-hydrogen) atoms. The molecule has 0 aromatic carbocycles. The topological polar surface area (TPSA) is 97.4 Å². The van der Waals surface area contributed by atoms with Crippen molar-refractivity contribution in [1.29, 1.82) is 0 Å². The number of aryl methyl sites for hydroxylation is 1. The number of hydrogen-bond donors (Lipinski definition) is 2. The van der Waals surface area contributed by atoms with E-state index in [1.165, 1.54) is 7.11 Å². The van der Waals surface area contributed by atoms with Crippen molar-refractivity contribution < 1.29 is 19.1 Å². The van der Waals surface area contributed by atoms with Crippen molar-refractivity contribution in [2.45, 2.75) is 25.8 Å². The largest absolute Gasteiger partial charge is 0.465 e. The van der Waals surface area contributed by atoms with Gasteiger partial charge in [0.15, 0.2) is 5.13 Å². The third-order valence-electron chi connectivity index (χ3n) is 2.70. The Kier molecular flexibility index (Phi) is 3.79. The van der Waals surface area contributed by atoms with Crippen LogP contribution in [0.15, 0.2) is 0 Å². The summed E-state index contributed by atoms with van der Waals surface area (Å²) < 4.78 is 4.64. The minimum Gasteiger partial charge on any atom is -0.465 e. The van der Waals surface area contributed by atoms with E-state index in [0.29, 0.717) is 22.1 Å². The number of aromatic nitrogens is 1. The van der Waals surface area contributed by atoms with E-state index < -0.39 is 12.0 Å². The van der Waals surface area contributed by atoms with E-state index in [1.54, 1.807) is 6.92 Å². The van der Waals surface area contributed by atoms with Gasteiger partial charge in [-0.1, -0.05) is 11.3 Å². The molecule has 1 aromatic heterocycles. The molecule has 0 aliphatic carbocycles. The van der Waals surface area contributed by atoms with Crippen molar-refractivity contribution in [3.05, 3.63) is 10.6 Å². The fraction of sp³-hybridized carbons (Fsp3) is 0.455. The van der Waals surface area contributed by atoms with Crippen molar-refractivity contribution in [2.24, 2.45) is 0 Å². The van der Waals surface area contributed by atoms with Crippen molar-refractivity contribution in [3.63, 3.8) is 0 Å². The van der Waals surface area contributed by atoms with Gasteiger partial charge in [0, 0.05) is 6.42 Å². The first kappa shape index (κ1) is 13.5. The first-order valence-corrected chi connectivity index (χ1v) is 6.49. The number of imide groups is 1. The number of thiazole rings is 1. The first-order valence-electron chi connectivity index (χ1n) is 5.67. The predicted octanol–water partition coefficient (Wildman–Crippen LogP) is 0.455. The van der Waals surface area contributed by atoms with Gasteiger partial charge in [-0.15, -0.1) is 0 Å². The lowest BCUT2D eigenvalue weighted by molar-refractivity contribution is -0.133. The molecule has 0 spiro atoms. The molecule has 102 valence electrons. The van der Waals surface area contributed by atoms with E-state index in [2.05, 4.69) is 20.4 Å². The van der Waals surface area contributed by atoms with Gasteiger partial charge in [0.25, 0.3) is 0 Å². The zero-order chi connectivity index (χ0) is 14.0. The van der Waals surface area contributed by atoms with Gasteiger partial charge in [0.1, 0.15) is 10.9 Å².